The highest BCUT2D eigenvalue weighted by atomic mass is 16.4. The zero-order valence-corrected chi connectivity index (χ0v) is 11.8. The van der Waals surface area contributed by atoms with Crippen LogP contribution in [0.15, 0.2) is 12.4 Å². The Morgan fingerprint density at radius 2 is 2.30 bits per heavy atom. The lowest BCUT2D eigenvalue weighted by Crippen LogP contribution is -2.60. The van der Waals surface area contributed by atoms with Crippen LogP contribution in [-0.2, 0) is 11.3 Å². The van der Waals surface area contributed by atoms with Gasteiger partial charge < -0.3 is 14.9 Å². The first-order chi connectivity index (χ1) is 9.45. The summed E-state index contributed by atoms with van der Waals surface area (Å²) in [5.74, 6) is -0.942. The Morgan fingerprint density at radius 1 is 1.55 bits per heavy atom. The van der Waals surface area contributed by atoms with Crippen LogP contribution in [0.25, 0.3) is 0 Å². The molecule has 1 atom stereocenters. The minimum absolute atomic E-state index is 0.254. The van der Waals surface area contributed by atoms with Crippen LogP contribution in [0.4, 0.5) is 4.79 Å². The summed E-state index contributed by atoms with van der Waals surface area (Å²) in [6, 6.07) is -0.254. The molecule has 0 spiro atoms. The molecule has 0 aliphatic carbocycles. The van der Waals surface area contributed by atoms with Crippen molar-refractivity contribution < 1.29 is 14.7 Å². The van der Waals surface area contributed by atoms with E-state index in [1.165, 1.54) is 9.80 Å². The Balaban J connectivity index is 2.11. The summed E-state index contributed by atoms with van der Waals surface area (Å²) in [7, 11) is 1.67. The average Bonchev–Trinajstić information content (AvgIpc) is 2.91. The van der Waals surface area contributed by atoms with Crippen LogP contribution in [0.1, 0.15) is 31.7 Å². The smallest absolute Gasteiger partial charge is 0.329 e. The zero-order chi connectivity index (χ0) is 14.8. The molecule has 110 valence electrons. The normalized spacial score (nSPS) is 22.6. The van der Waals surface area contributed by atoms with Gasteiger partial charge in [-0.3, -0.25) is 5.10 Å². The van der Waals surface area contributed by atoms with Gasteiger partial charge in [-0.1, -0.05) is 0 Å². The van der Waals surface area contributed by atoms with Gasteiger partial charge in [0.05, 0.1) is 12.7 Å². The quantitative estimate of drug-likeness (QED) is 0.873. The largest absolute Gasteiger partial charge is 0.480 e. The molecule has 20 heavy (non-hydrogen) atoms. The average molecular weight is 280 g/mol. The van der Waals surface area contributed by atoms with Gasteiger partial charge in [-0.15, -0.1) is 0 Å². The van der Waals surface area contributed by atoms with Gasteiger partial charge in [-0.25, -0.2) is 9.59 Å². The van der Waals surface area contributed by atoms with Gasteiger partial charge >= 0.3 is 12.0 Å². The number of nitrogens with one attached hydrogen (secondary N) is 1. The second-order valence-electron chi connectivity index (χ2n) is 5.43. The molecule has 1 saturated heterocycles. The minimum Gasteiger partial charge on any atom is -0.480 e. The van der Waals surface area contributed by atoms with E-state index in [0.717, 1.165) is 18.4 Å². The van der Waals surface area contributed by atoms with Crippen molar-refractivity contribution in [2.45, 2.75) is 38.3 Å². The number of carbonyl (C=O) groups excluding carboxylic acids is 1. The summed E-state index contributed by atoms with van der Waals surface area (Å²) < 4.78 is 0. The molecule has 1 aliphatic rings. The number of carboxylic acid groups (broad SMARTS) is 1. The number of aromatic nitrogens is 2. The van der Waals surface area contributed by atoms with E-state index in [4.69, 9.17) is 0 Å². The van der Waals surface area contributed by atoms with Gasteiger partial charge in [0.1, 0.15) is 5.54 Å². The third-order valence-corrected chi connectivity index (χ3v) is 3.88. The fourth-order valence-corrected chi connectivity index (χ4v) is 2.56. The number of nitrogens with zero attached hydrogens (tertiary/aromatic N) is 3. The highest BCUT2D eigenvalue weighted by Gasteiger charge is 2.44. The monoisotopic (exact) mass is 280 g/mol. The number of likely N-dealkylation sites (tertiary alicyclic amines) is 1. The number of hydrogen-bond acceptors (Lipinski definition) is 3. The van der Waals surface area contributed by atoms with Crippen LogP contribution in [0, 0.1) is 0 Å². The van der Waals surface area contributed by atoms with Crippen molar-refractivity contribution in [2.75, 3.05) is 13.6 Å². The number of aromatic amines is 1. The molecule has 7 nitrogen and oxygen atoms in total. The molecule has 2 N–H and O–H groups in total. The first kappa shape index (κ1) is 14.4. The number of carboxylic acids is 1. The van der Waals surface area contributed by atoms with Gasteiger partial charge in [0.15, 0.2) is 0 Å². The predicted octanol–water partition coefficient (Wildman–Crippen LogP) is 1.29. The highest BCUT2D eigenvalue weighted by molar-refractivity contribution is 5.86. The van der Waals surface area contributed by atoms with Crippen molar-refractivity contribution >= 4 is 12.0 Å². The molecule has 2 rings (SSSR count). The lowest BCUT2D eigenvalue weighted by atomic mass is 9.89. The Hall–Kier alpha value is -2.05. The van der Waals surface area contributed by atoms with Crippen molar-refractivity contribution in [1.82, 2.24) is 20.0 Å². The fraction of sp³-hybridized carbons (Fsp3) is 0.615. The third kappa shape index (κ3) is 2.61. The molecule has 0 saturated carbocycles. The van der Waals surface area contributed by atoms with E-state index in [9.17, 15) is 14.7 Å². The van der Waals surface area contributed by atoms with Gasteiger partial charge in [-0.2, -0.15) is 5.10 Å². The molecule has 1 aliphatic heterocycles. The number of hydrogen-bond donors (Lipinski definition) is 2. The SMILES string of the molecule is CN(Cc1cn[nH]c1)C(=O)N1CCCCC1(C)C(=O)O. The lowest BCUT2D eigenvalue weighted by molar-refractivity contribution is -0.150. The number of rotatable bonds is 3. The van der Waals surface area contributed by atoms with Gasteiger partial charge in [-0.05, 0) is 26.2 Å². The fourth-order valence-electron chi connectivity index (χ4n) is 2.56. The predicted molar refractivity (Wildman–Crippen MR) is 72.0 cm³/mol. The topological polar surface area (TPSA) is 89.5 Å². The van der Waals surface area contributed by atoms with Crippen LogP contribution in [0.2, 0.25) is 0 Å². The molecule has 2 heterocycles. The maximum Gasteiger partial charge on any atom is 0.329 e. The molecule has 0 bridgehead atoms. The summed E-state index contributed by atoms with van der Waals surface area (Å²) in [4.78, 5) is 27.0. The first-order valence-corrected chi connectivity index (χ1v) is 6.69. The molecular formula is C13H20N4O3. The van der Waals surface area contributed by atoms with E-state index in [1.807, 2.05) is 0 Å². The molecule has 1 fully saturated rings. The Kier molecular flexibility index (Phi) is 3.96. The Bertz CT molecular complexity index is 488. The van der Waals surface area contributed by atoms with Crippen LogP contribution in [0.3, 0.4) is 0 Å². The first-order valence-electron chi connectivity index (χ1n) is 6.69. The Morgan fingerprint density at radius 3 is 2.90 bits per heavy atom. The van der Waals surface area contributed by atoms with Crippen molar-refractivity contribution in [1.29, 1.82) is 0 Å². The molecule has 0 aromatic carbocycles. The molecule has 0 radical (unpaired) electrons. The summed E-state index contributed by atoms with van der Waals surface area (Å²) in [5.41, 5.74) is -0.227. The lowest BCUT2D eigenvalue weighted by Gasteiger charge is -2.43. The van der Waals surface area contributed by atoms with E-state index >= 15 is 0 Å². The second kappa shape index (κ2) is 5.52. The summed E-state index contributed by atoms with van der Waals surface area (Å²) in [6.07, 6.45) is 5.53. The van der Waals surface area contributed by atoms with Crippen molar-refractivity contribution in [2.24, 2.45) is 0 Å². The van der Waals surface area contributed by atoms with Gasteiger partial charge in [0.25, 0.3) is 0 Å². The highest BCUT2D eigenvalue weighted by Crippen LogP contribution is 2.29. The number of piperidine rings is 1. The maximum absolute atomic E-state index is 12.5. The van der Waals surface area contributed by atoms with E-state index in [-0.39, 0.29) is 6.03 Å². The van der Waals surface area contributed by atoms with Gasteiger partial charge in [0, 0.05) is 25.4 Å². The van der Waals surface area contributed by atoms with Crippen LogP contribution in [0.5, 0.6) is 0 Å². The number of urea groups is 1. The summed E-state index contributed by atoms with van der Waals surface area (Å²) >= 11 is 0. The molecule has 1 aromatic rings. The van der Waals surface area contributed by atoms with Gasteiger partial charge in [0.2, 0.25) is 0 Å². The van der Waals surface area contributed by atoms with Crippen LogP contribution in [-0.4, -0.2) is 56.2 Å². The van der Waals surface area contributed by atoms with Crippen molar-refractivity contribution in [3.05, 3.63) is 18.0 Å². The van der Waals surface area contributed by atoms with Crippen LogP contribution >= 0.6 is 0 Å². The third-order valence-electron chi connectivity index (χ3n) is 3.88. The maximum atomic E-state index is 12.5. The molecule has 1 aromatic heterocycles. The second-order valence-corrected chi connectivity index (χ2v) is 5.43. The van der Waals surface area contributed by atoms with E-state index < -0.39 is 11.5 Å². The number of amides is 2. The molecule has 7 heteroatoms. The van der Waals surface area contributed by atoms with Crippen molar-refractivity contribution in [3.8, 4) is 0 Å². The summed E-state index contributed by atoms with van der Waals surface area (Å²) in [5, 5.41) is 16.0. The molecule has 2 amide bonds. The van der Waals surface area contributed by atoms with E-state index in [1.54, 1.807) is 26.4 Å². The summed E-state index contributed by atoms with van der Waals surface area (Å²) in [6.45, 7) is 2.51. The minimum atomic E-state index is -1.11. The van der Waals surface area contributed by atoms with E-state index in [2.05, 4.69) is 10.2 Å². The number of carbonyl (C=O) groups is 2. The molecule has 1 unspecified atom stereocenters. The number of H-pyrrole nitrogens is 1. The zero-order valence-electron chi connectivity index (χ0n) is 11.8. The Labute approximate surface area is 117 Å². The standard InChI is InChI=1S/C13H20N4O3/c1-13(11(18)19)5-3-4-6-17(13)12(20)16(2)9-10-7-14-15-8-10/h7-8H,3-6,9H2,1-2H3,(H,14,15)(H,18,19). The molecular weight excluding hydrogens is 260 g/mol. The van der Waals surface area contributed by atoms with Crippen LogP contribution < -0.4 is 0 Å². The van der Waals surface area contributed by atoms with Crippen molar-refractivity contribution in [3.63, 3.8) is 0 Å². The van der Waals surface area contributed by atoms with E-state index in [0.29, 0.717) is 19.5 Å². The number of aliphatic carboxylic acids is 1.